The molecule has 4 aromatic rings. The minimum Gasteiger partial charge on any atom is -0.325 e. The monoisotopic (exact) mass is 388 g/mol. The molecule has 0 fully saturated rings. The van der Waals surface area contributed by atoms with E-state index < -0.39 is 0 Å². The van der Waals surface area contributed by atoms with Crippen LogP contribution in [0.4, 0.5) is 0 Å². The van der Waals surface area contributed by atoms with Gasteiger partial charge in [0.15, 0.2) is 5.82 Å². The molecule has 0 aliphatic carbocycles. The summed E-state index contributed by atoms with van der Waals surface area (Å²) >= 11 is 4.90. The Morgan fingerprint density at radius 2 is 2.12 bits per heavy atom. The van der Waals surface area contributed by atoms with Crippen molar-refractivity contribution < 1.29 is 4.90 Å². The molecule has 2 atom stereocenters. The fourth-order valence-corrected chi connectivity index (χ4v) is 5.32. The van der Waals surface area contributed by atoms with Gasteiger partial charge in [0.2, 0.25) is 0 Å². The van der Waals surface area contributed by atoms with Gasteiger partial charge in [0.25, 0.3) is 5.56 Å². The SMILES string of the molecule is C[C@@H](c1nc2scc(-c3cccs3)c2c(=O)[nH]1)[NH+](C)Cc1ccsc1. The van der Waals surface area contributed by atoms with Gasteiger partial charge >= 0.3 is 0 Å². The van der Waals surface area contributed by atoms with Gasteiger partial charge < -0.3 is 9.88 Å². The van der Waals surface area contributed by atoms with Crippen LogP contribution in [0.3, 0.4) is 0 Å². The molecule has 25 heavy (non-hydrogen) atoms. The third kappa shape index (κ3) is 3.20. The van der Waals surface area contributed by atoms with Gasteiger partial charge in [0.1, 0.15) is 17.4 Å². The topological polar surface area (TPSA) is 50.2 Å². The molecule has 4 aromatic heterocycles. The molecule has 4 nitrogen and oxygen atoms in total. The van der Waals surface area contributed by atoms with Crippen LogP contribution in [0.2, 0.25) is 0 Å². The highest BCUT2D eigenvalue weighted by atomic mass is 32.1. The number of aromatic amines is 1. The lowest BCUT2D eigenvalue weighted by Crippen LogP contribution is -3.07. The van der Waals surface area contributed by atoms with Crippen molar-refractivity contribution in [3.63, 3.8) is 0 Å². The minimum absolute atomic E-state index is 0.0418. The second-order valence-electron chi connectivity index (χ2n) is 6.13. The Labute approximate surface area is 157 Å². The second kappa shape index (κ2) is 6.84. The highest BCUT2D eigenvalue weighted by molar-refractivity contribution is 7.18. The number of hydrogen-bond donors (Lipinski definition) is 2. The third-order valence-corrected chi connectivity index (χ3v) is 6.97. The van der Waals surface area contributed by atoms with Crippen molar-refractivity contribution in [1.82, 2.24) is 9.97 Å². The maximum absolute atomic E-state index is 12.7. The van der Waals surface area contributed by atoms with E-state index in [4.69, 9.17) is 4.98 Å². The van der Waals surface area contributed by atoms with E-state index >= 15 is 0 Å². The van der Waals surface area contributed by atoms with Crippen LogP contribution in [-0.2, 0) is 6.54 Å². The van der Waals surface area contributed by atoms with Gasteiger partial charge in [-0.25, -0.2) is 4.98 Å². The van der Waals surface area contributed by atoms with E-state index in [2.05, 4.69) is 35.8 Å². The highest BCUT2D eigenvalue weighted by Crippen LogP contribution is 2.33. The van der Waals surface area contributed by atoms with Crippen molar-refractivity contribution in [2.75, 3.05) is 7.05 Å². The smallest absolute Gasteiger partial charge is 0.260 e. The molecule has 4 heterocycles. The van der Waals surface area contributed by atoms with Gasteiger partial charge in [-0.15, -0.1) is 22.7 Å². The number of fused-ring (bicyclic) bond motifs is 1. The maximum Gasteiger partial charge on any atom is 0.260 e. The summed E-state index contributed by atoms with van der Waals surface area (Å²) in [6.07, 6.45) is 0. The maximum atomic E-state index is 12.7. The van der Waals surface area contributed by atoms with Gasteiger partial charge in [-0.2, -0.15) is 11.3 Å². The molecule has 4 rings (SSSR count). The molecule has 0 saturated carbocycles. The Hall–Kier alpha value is -1.80. The molecule has 0 radical (unpaired) electrons. The van der Waals surface area contributed by atoms with Crippen LogP contribution in [0, 0.1) is 0 Å². The van der Waals surface area contributed by atoms with Crippen molar-refractivity contribution in [1.29, 1.82) is 0 Å². The summed E-state index contributed by atoms with van der Waals surface area (Å²) in [4.78, 5) is 23.7. The van der Waals surface area contributed by atoms with Crippen LogP contribution in [-0.4, -0.2) is 17.0 Å². The first-order chi connectivity index (χ1) is 12.1. The van der Waals surface area contributed by atoms with E-state index in [1.54, 1.807) is 34.0 Å². The van der Waals surface area contributed by atoms with Gasteiger partial charge in [-0.1, -0.05) is 6.07 Å². The first-order valence-electron chi connectivity index (χ1n) is 8.02. The van der Waals surface area contributed by atoms with Crippen LogP contribution in [0.5, 0.6) is 0 Å². The largest absolute Gasteiger partial charge is 0.325 e. The fourth-order valence-electron chi connectivity index (χ4n) is 2.89. The molecular weight excluding hydrogens is 370 g/mol. The minimum atomic E-state index is -0.0418. The lowest BCUT2D eigenvalue weighted by Gasteiger charge is -2.20. The highest BCUT2D eigenvalue weighted by Gasteiger charge is 2.21. The van der Waals surface area contributed by atoms with E-state index in [0.29, 0.717) is 5.39 Å². The first-order valence-corrected chi connectivity index (χ1v) is 10.7. The van der Waals surface area contributed by atoms with Crippen LogP contribution in [0.1, 0.15) is 24.4 Å². The van der Waals surface area contributed by atoms with Crippen molar-refractivity contribution in [2.24, 2.45) is 0 Å². The molecule has 1 unspecified atom stereocenters. The zero-order chi connectivity index (χ0) is 17.4. The summed E-state index contributed by atoms with van der Waals surface area (Å²) < 4.78 is 0. The third-order valence-electron chi connectivity index (χ3n) is 4.46. The number of hydrogen-bond acceptors (Lipinski definition) is 5. The number of nitrogens with one attached hydrogen (secondary N) is 2. The van der Waals surface area contributed by atoms with Crippen molar-refractivity contribution in [2.45, 2.75) is 19.5 Å². The normalized spacial score (nSPS) is 14.0. The Kier molecular flexibility index (Phi) is 4.56. The van der Waals surface area contributed by atoms with Crippen molar-refractivity contribution in [3.05, 3.63) is 61.5 Å². The Morgan fingerprint density at radius 1 is 1.24 bits per heavy atom. The van der Waals surface area contributed by atoms with Crippen LogP contribution in [0.25, 0.3) is 20.7 Å². The summed E-state index contributed by atoms with van der Waals surface area (Å²) in [5.41, 5.74) is 2.26. The van der Waals surface area contributed by atoms with E-state index in [-0.39, 0.29) is 11.6 Å². The molecule has 7 heteroatoms. The van der Waals surface area contributed by atoms with Crippen molar-refractivity contribution >= 4 is 44.2 Å². The summed E-state index contributed by atoms with van der Waals surface area (Å²) in [7, 11) is 2.14. The number of quaternary nitrogens is 1. The lowest BCUT2D eigenvalue weighted by atomic mass is 10.2. The number of aromatic nitrogens is 2. The molecule has 128 valence electrons. The molecule has 0 aliphatic rings. The molecule has 0 aliphatic heterocycles. The van der Waals surface area contributed by atoms with Crippen LogP contribution < -0.4 is 10.5 Å². The predicted molar refractivity (Wildman–Crippen MR) is 107 cm³/mol. The quantitative estimate of drug-likeness (QED) is 0.549. The molecule has 2 N–H and O–H groups in total. The van der Waals surface area contributed by atoms with Crippen LogP contribution in [0.15, 0.2) is 44.5 Å². The molecule has 0 aromatic carbocycles. The average molecular weight is 389 g/mol. The van der Waals surface area contributed by atoms with E-state index in [1.807, 2.05) is 22.9 Å². The van der Waals surface area contributed by atoms with Gasteiger partial charge in [-0.05, 0) is 35.2 Å². The molecule has 0 bridgehead atoms. The molecular formula is C18H18N3OS3+. The first kappa shape index (κ1) is 16.7. The second-order valence-corrected chi connectivity index (χ2v) is 8.72. The van der Waals surface area contributed by atoms with Gasteiger partial charge in [-0.3, -0.25) is 4.79 Å². The molecule has 0 amide bonds. The summed E-state index contributed by atoms with van der Waals surface area (Å²) in [6.45, 7) is 3.02. The lowest BCUT2D eigenvalue weighted by molar-refractivity contribution is -0.924. The van der Waals surface area contributed by atoms with Crippen LogP contribution >= 0.6 is 34.0 Å². The van der Waals surface area contributed by atoms with Crippen molar-refractivity contribution in [3.8, 4) is 10.4 Å². The summed E-state index contributed by atoms with van der Waals surface area (Å²) in [5.74, 6) is 0.754. The fraction of sp³-hybridized carbons (Fsp3) is 0.222. The van der Waals surface area contributed by atoms with Gasteiger partial charge in [0, 0.05) is 21.4 Å². The molecule has 0 saturated heterocycles. The Bertz CT molecular complexity index is 1030. The predicted octanol–water partition coefficient (Wildman–Crippen LogP) is 3.55. The number of rotatable bonds is 5. The van der Waals surface area contributed by atoms with E-state index in [1.165, 1.54) is 10.5 Å². The zero-order valence-electron chi connectivity index (χ0n) is 13.9. The van der Waals surface area contributed by atoms with E-state index in [9.17, 15) is 4.79 Å². The van der Waals surface area contributed by atoms with Gasteiger partial charge in [0.05, 0.1) is 12.4 Å². The standard InChI is InChI=1S/C18H17N3OS3/c1-11(21(2)8-12-5-7-23-9-12)16-19-17(22)15-13(10-25-18(15)20-16)14-4-3-6-24-14/h3-7,9-11H,8H2,1-2H3,(H,19,20,22)/p+1/t11-/m0/s1. The molecule has 0 spiro atoms. The Morgan fingerprint density at radius 3 is 2.84 bits per heavy atom. The summed E-state index contributed by atoms with van der Waals surface area (Å²) in [6, 6.07) is 6.31. The average Bonchev–Trinajstić information content (AvgIpc) is 3.34. The van der Waals surface area contributed by atoms with E-state index in [0.717, 1.165) is 27.6 Å². The Balaban J connectivity index is 1.68. The number of nitrogens with zero attached hydrogens (tertiary/aromatic N) is 1. The number of thiophene rings is 3. The number of H-pyrrole nitrogens is 1. The summed E-state index contributed by atoms with van der Waals surface area (Å²) in [5, 5.41) is 9.03. The zero-order valence-corrected chi connectivity index (χ0v) is 16.4.